The van der Waals surface area contributed by atoms with Crippen molar-refractivity contribution in [3.63, 3.8) is 0 Å². The van der Waals surface area contributed by atoms with Crippen molar-refractivity contribution >= 4 is 5.69 Å². The molecule has 1 fully saturated rings. The first-order valence-electron chi connectivity index (χ1n) is 7.51. The van der Waals surface area contributed by atoms with E-state index in [0.29, 0.717) is 12.6 Å². The monoisotopic (exact) mass is 299 g/mol. The quantitative estimate of drug-likeness (QED) is 0.914. The third-order valence-corrected chi connectivity index (χ3v) is 3.83. The fourth-order valence-corrected chi connectivity index (χ4v) is 2.65. The second-order valence-electron chi connectivity index (χ2n) is 5.25. The van der Waals surface area contributed by atoms with Gasteiger partial charge in [0, 0.05) is 31.5 Å². The molecule has 0 saturated carbocycles. The molecule has 1 aromatic heterocycles. The Kier molecular flexibility index (Phi) is 4.75. The van der Waals surface area contributed by atoms with Crippen LogP contribution >= 0.6 is 0 Å². The van der Waals surface area contributed by atoms with Crippen LogP contribution in [0.3, 0.4) is 0 Å². The van der Waals surface area contributed by atoms with E-state index in [9.17, 15) is 0 Å². The fraction of sp³-hybridized carbons (Fsp3) is 0.353. The maximum Gasteiger partial charge on any atom is 0.137 e. The molecule has 5 nitrogen and oxygen atoms in total. The maximum atomic E-state index is 5.87. The molecule has 0 bridgehead atoms. The second-order valence-corrected chi connectivity index (χ2v) is 5.25. The van der Waals surface area contributed by atoms with E-state index in [0.717, 1.165) is 31.1 Å². The molecule has 2 heterocycles. The normalized spacial score (nSPS) is 18.0. The van der Waals surface area contributed by atoms with Gasteiger partial charge in [-0.15, -0.1) is 0 Å². The highest BCUT2D eigenvalue weighted by atomic mass is 16.5. The minimum absolute atomic E-state index is 0.294. The zero-order valence-electron chi connectivity index (χ0n) is 12.7. The van der Waals surface area contributed by atoms with Crippen molar-refractivity contribution in [1.82, 2.24) is 10.3 Å². The van der Waals surface area contributed by atoms with Gasteiger partial charge in [0.05, 0.1) is 19.3 Å². The third-order valence-electron chi connectivity index (χ3n) is 3.83. The Bertz CT molecular complexity index is 574. The molecule has 2 aromatic rings. The van der Waals surface area contributed by atoms with Gasteiger partial charge in [-0.1, -0.05) is 0 Å². The summed E-state index contributed by atoms with van der Waals surface area (Å²) in [7, 11) is 1.68. The van der Waals surface area contributed by atoms with Crippen molar-refractivity contribution in [3.05, 3.63) is 48.8 Å². The molecule has 1 saturated heterocycles. The van der Waals surface area contributed by atoms with Crippen LogP contribution in [0.5, 0.6) is 11.5 Å². The highest BCUT2D eigenvalue weighted by molar-refractivity contribution is 5.50. The lowest BCUT2D eigenvalue weighted by molar-refractivity contribution is 0.266. The third kappa shape index (κ3) is 3.49. The van der Waals surface area contributed by atoms with Crippen molar-refractivity contribution in [3.8, 4) is 11.5 Å². The summed E-state index contributed by atoms with van der Waals surface area (Å²) < 4.78 is 11.1. The highest BCUT2D eigenvalue weighted by Crippen LogP contribution is 2.22. The van der Waals surface area contributed by atoms with E-state index in [4.69, 9.17) is 9.47 Å². The molecule has 0 radical (unpaired) electrons. The highest BCUT2D eigenvalue weighted by Gasteiger charge is 2.23. The van der Waals surface area contributed by atoms with E-state index in [1.54, 1.807) is 19.5 Å². The molecule has 22 heavy (non-hydrogen) atoms. The molecule has 116 valence electrons. The SMILES string of the molecule is COc1ccc(N2CCNCC2COc2cccnc2)cc1. The average molecular weight is 299 g/mol. The number of aromatic nitrogens is 1. The molecule has 3 rings (SSSR count). The van der Waals surface area contributed by atoms with Crippen molar-refractivity contribution in [2.24, 2.45) is 0 Å². The summed E-state index contributed by atoms with van der Waals surface area (Å²) in [4.78, 5) is 6.46. The molecular weight excluding hydrogens is 278 g/mol. The largest absolute Gasteiger partial charge is 0.497 e. The minimum atomic E-state index is 0.294. The van der Waals surface area contributed by atoms with Crippen LogP contribution in [0.2, 0.25) is 0 Å². The Balaban J connectivity index is 1.67. The lowest BCUT2D eigenvalue weighted by Crippen LogP contribution is -2.54. The van der Waals surface area contributed by atoms with Crippen LogP contribution < -0.4 is 19.7 Å². The summed E-state index contributed by atoms with van der Waals surface area (Å²) >= 11 is 0. The van der Waals surface area contributed by atoms with E-state index in [1.165, 1.54) is 5.69 Å². The molecule has 0 spiro atoms. The van der Waals surface area contributed by atoms with Crippen molar-refractivity contribution < 1.29 is 9.47 Å². The van der Waals surface area contributed by atoms with Crippen LogP contribution in [0, 0.1) is 0 Å². The molecular formula is C17H21N3O2. The van der Waals surface area contributed by atoms with Crippen LogP contribution in [0.15, 0.2) is 48.8 Å². The van der Waals surface area contributed by atoms with E-state index in [2.05, 4.69) is 27.3 Å². The van der Waals surface area contributed by atoms with Crippen molar-refractivity contribution in [1.29, 1.82) is 0 Å². The molecule has 1 aromatic carbocycles. The predicted octanol–water partition coefficient (Wildman–Crippen LogP) is 1.95. The van der Waals surface area contributed by atoms with Gasteiger partial charge in [0.15, 0.2) is 0 Å². The summed E-state index contributed by atoms with van der Waals surface area (Å²) in [5.41, 5.74) is 1.20. The van der Waals surface area contributed by atoms with Gasteiger partial charge < -0.3 is 19.7 Å². The topological polar surface area (TPSA) is 46.6 Å². The van der Waals surface area contributed by atoms with Crippen molar-refractivity contribution in [2.75, 3.05) is 38.3 Å². The van der Waals surface area contributed by atoms with Gasteiger partial charge in [0.25, 0.3) is 0 Å². The van der Waals surface area contributed by atoms with E-state index < -0.39 is 0 Å². The molecule has 1 unspecified atom stereocenters. The van der Waals surface area contributed by atoms with Gasteiger partial charge in [-0.2, -0.15) is 0 Å². The standard InChI is InChI=1S/C17H21N3O2/c1-21-16-6-4-14(5-7-16)20-10-9-19-11-15(20)13-22-17-3-2-8-18-12-17/h2-8,12,15,19H,9-11,13H2,1H3. The molecule has 0 aliphatic carbocycles. The number of hydrogen-bond acceptors (Lipinski definition) is 5. The number of nitrogens with one attached hydrogen (secondary N) is 1. The first-order chi connectivity index (χ1) is 10.9. The van der Waals surface area contributed by atoms with Gasteiger partial charge in [0.2, 0.25) is 0 Å². The number of ether oxygens (including phenoxy) is 2. The lowest BCUT2D eigenvalue weighted by Gasteiger charge is -2.37. The van der Waals surface area contributed by atoms with Crippen LogP contribution in [-0.4, -0.2) is 44.4 Å². The predicted molar refractivity (Wildman–Crippen MR) is 86.7 cm³/mol. The number of rotatable bonds is 5. The summed E-state index contributed by atoms with van der Waals surface area (Å²) in [5.74, 6) is 1.68. The van der Waals surface area contributed by atoms with Crippen LogP contribution in [0.1, 0.15) is 0 Å². The molecule has 1 atom stereocenters. The Hall–Kier alpha value is -2.27. The number of pyridine rings is 1. The van der Waals surface area contributed by atoms with Crippen LogP contribution in [-0.2, 0) is 0 Å². The number of benzene rings is 1. The molecule has 0 amide bonds. The summed E-state index contributed by atoms with van der Waals surface area (Å²) in [5, 5.41) is 3.43. The number of anilines is 1. The lowest BCUT2D eigenvalue weighted by atomic mass is 10.1. The van der Waals surface area contributed by atoms with Gasteiger partial charge >= 0.3 is 0 Å². The van der Waals surface area contributed by atoms with Gasteiger partial charge in [-0.3, -0.25) is 4.98 Å². The Morgan fingerprint density at radius 3 is 2.82 bits per heavy atom. The van der Waals surface area contributed by atoms with Crippen LogP contribution in [0.4, 0.5) is 5.69 Å². The fourth-order valence-electron chi connectivity index (χ4n) is 2.65. The van der Waals surface area contributed by atoms with E-state index >= 15 is 0 Å². The number of piperazine rings is 1. The van der Waals surface area contributed by atoms with E-state index in [-0.39, 0.29) is 0 Å². The first-order valence-corrected chi connectivity index (χ1v) is 7.51. The van der Waals surface area contributed by atoms with Crippen LogP contribution in [0.25, 0.3) is 0 Å². The Morgan fingerprint density at radius 1 is 1.23 bits per heavy atom. The van der Waals surface area contributed by atoms with Gasteiger partial charge in [-0.05, 0) is 36.4 Å². The van der Waals surface area contributed by atoms with Gasteiger partial charge in [-0.25, -0.2) is 0 Å². The number of hydrogen-bond donors (Lipinski definition) is 1. The zero-order valence-corrected chi connectivity index (χ0v) is 12.7. The second kappa shape index (κ2) is 7.13. The zero-order chi connectivity index (χ0) is 15.2. The van der Waals surface area contributed by atoms with Crippen molar-refractivity contribution in [2.45, 2.75) is 6.04 Å². The summed E-state index contributed by atoms with van der Waals surface area (Å²) in [6, 6.07) is 12.3. The number of methoxy groups -OCH3 is 1. The summed E-state index contributed by atoms with van der Waals surface area (Å²) in [6.45, 7) is 3.49. The maximum absolute atomic E-state index is 5.87. The molecule has 1 N–H and O–H groups in total. The Labute approximate surface area is 130 Å². The van der Waals surface area contributed by atoms with E-state index in [1.807, 2.05) is 24.3 Å². The Morgan fingerprint density at radius 2 is 2.09 bits per heavy atom. The molecule has 1 aliphatic rings. The van der Waals surface area contributed by atoms with Gasteiger partial charge in [0.1, 0.15) is 18.1 Å². The average Bonchev–Trinajstić information content (AvgIpc) is 2.61. The smallest absolute Gasteiger partial charge is 0.137 e. The molecule has 5 heteroatoms. The molecule has 1 aliphatic heterocycles. The minimum Gasteiger partial charge on any atom is -0.497 e. The number of nitrogens with zero attached hydrogens (tertiary/aromatic N) is 2. The first kappa shape index (κ1) is 14.7. The summed E-state index contributed by atoms with van der Waals surface area (Å²) in [6.07, 6.45) is 3.49.